The van der Waals surface area contributed by atoms with E-state index in [0.29, 0.717) is 0 Å². The van der Waals surface area contributed by atoms with Gasteiger partial charge in [0, 0.05) is 0 Å². The zero-order chi connectivity index (χ0) is 8.15. The second kappa shape index (κ2) is 4.40. The zero-order valence-corrected chi connectivity index (χ0v) is 6.64. The second-order valence-corrected chi connectivity index (χ2v) is 2.88. The van der Waals surface area contributed by atoms with Gasteiger partial charge >= 0.3 is 5.97 Å². The van der Waals surface area contributed by atoms with Gasteiger partial charge in [-0.15, -0.1) is 0 Å². The first-order valence-corrected chi connectivity index (χ1v) is 3.98. The van der Waals surface area contributed by atoms with Gasteiger partial charge in [0.15, 0.2) is 0 Å². The van der Waals surface area contributed by atoms with Crippen molar-refractivity contribution in [3.8, 4) is 0 Å². The zero-order valence-electron chi connectivity index (χ0n) is 5.83. The van der Waals surface area contributed by atoms with Crippen LogP contribution in [0.2, 0.25) is 0 Å². The molecule has 0 bridgehead atoms. The van der Waals surface area contributed by atoms with Crippen molar-refractivity contribution in [2.75, 3.05) is 6.61 Å². The summed E-state index contributed by atoms with van der Waals surface area (Å²) >= 11 is -2.37. The molecule has 0 radical (unpaired) electrons. The molecule has 0 heterocycles. The maximum absolute atomic E-state index is 10.6. The van der Waals surface area contributed by atoms with Crippen LogP contribution in [0.5, 0.6) is 0 Å². The quantitative estimate of drug-likeness (QED) is 0.429. The molecule has 0 aromatic heterocycles. The first-order valence-electron chi connectivity index (χ1n) is 2.84. The molecule has 10 heavy (non-hydrogen) atoms. The minimum absolute atomic E-state index is 0.209. The molecule has 0 amide bonds. The molecule has 0 aliphatic carbocycles. The van der Waals surface area contributed by atoms with E-state index in [1.165, 1.54) is 6.92 Å². The Balaban J connectivity index is 3.82. The Hall–Kier alpha value is -0.420. The van der Waals surface area contributed by atoms with E-state index in [4.69, 9.17) is 0 Å². The van der Waals surface area contributed by atoms with Gasteiger partial charge in [-0.05, 0) is 24.9 Å². The first-order chi connectivity index (χ1) is 4.59. The number of hydrogen-bond acceptors (Lipinski definition) is 4. The molecule has 0 aromatic rings. The van der Waals surface area contributed by atoms with E-state index >= 15 is 0 Å². The molecular weight excluding hydrogens is 156 g/mol. The Kier molecular flexibility index (Phi) is 4.22. The molecule has 0 aliphatic heterocycles. The van der Waals surface area contributed by atoms with Crippen molar-refractivity contribution in [2.24, 2.45) is 0 Å². The largest absolute Gasteiger partial charge is 0.772 e. The molecule has 60 valence electrons. The molecule has 0 rings (SSSR count). The molecule has 0 saturated heterocycles. The molecule has 2 atom stereocenters. The summed E-state index contributed by atoms with van der Waals surface area (Å²) in [6.45, 7) is 3.11. The normalized spacial score (nSPS) is 15.9. The molecule has 4 nitrogen and oxygen atoms in total. The fraction of sp³-hybridized carbons (Fsp3) is 0.800. The van der Waals surface area contributed by atoms with Gasteiger partial charge in [0.1, 0.15) is 5.25 Å². The van der Waals surface area contributed by atoms with Gasteiger partial charge < -0.3 is 9.29 Å². The summed E-state index contributed by atoms with van der Waals surface area (Å²) in [5.74, 6) is -0.698. The van der Waals surface area contributed by atoms with Crippen molar-refractivity contribution < 1.29 is 18.3 Å². The predicted molar refractivity (Wildman–Crippen MR) is 35.0 cm³/mol. The van der Waals surface area contributed by atoms with Crippen LogP contribution in [0.3, 0.4) is 0 Å². The molecular formula is C5H9O4S-. The average molecular weight is 165 g/mol. The second-order valence-electron chi connectivity index (χ2n) is 1.65. The van der Waals surface area contributed by atoms with E-state index in [1.54, 1.807) is 6.92 Å². The van der Waals surface area contributed by atoms with Gasteiger partial charge in [-0.3, -0.25) is 9.00 Å². The molecule has 0 spiro atoms. The van der Waals surface area contributed by atoms with Crippen LogP contribution in [-0.2, 0) is 20.6 Å². The molecule has 5 heteroatoms. The monoisotopic (exact) mass is 165 g/mol. The number of esters is 1. The Morgan fingerprint density at radius 2 is 2.30 bits per heavy atom. The third kappa shape index (κ3) is 2.93. The summed E-state index contributed by atoms with van der Waals surface area (Å²) in [6, 6.07) is 0. The highest BCUT2D eigenvalue weighted by molar-refractivity contribution is 7.80. The van der Waals surface area contributed by atoms with Crippen molar-refractivity contribution >= 4 is 17.0 Å². The minimum atomic E-state index is -2.37. The van der Waals surface area contributed by atoms with Gasteiger partial charge in [0.05, 0.1) is 6.61 Å². The van der Waals surface area contributed by atoms with Crippen LogP contribution < -0.4 is 0 Å². The molecule has 0 aliphatic rings. The van der Waals surface area contributed by atoms with Crippen LogP contribution >= 0.6 is 0 Å². The van der Waals surface area contributed by atoms with E-state index < -0.39 is 22.3 Å². The van der Waals surface area contributed by atoms with Gasteiger partial charge in [0.2, 0.25) is 0 Å². The van der Waals surface area contributed by atoms with Crippen molar-refractivity contribution in [2.45, 2.75) is 19.1 Å². The Labute approximate surface area is 61.9 Å². The van der Waals surface area contributed by atoms with Crippen LogP contribution in [0, 0.1) is 0 Å². The Morgan fingerprint density at radius 1 is 1.80 bits per heavy atom. The summed E-state index contributed by atoms with van der Waals surface area (Å²) in [4.78, 5) is 10.6. The fourth-order valence-corrected chi connectivity index (χ4v) is 0.563. The summed E-state index contributed by atoms with van der Waals surface area (Å²) in [5.41, 5.74) is 0. The lowest BCUT2D eigenvalue weighted by molar-refractivity contribution is -0.142. The number of carbonyl (C=O) groups excluding carboxylic acids is 1. The van der Waals surface area contributed by atoms with Crippen molar-refractivity contribution in [1.82, 2.24) is 0 Å². The Bertz CT molecular complexity index is 145. The lowest BCUT2D eigenvalue weighted by Gasteiger charge is -2.12. The first kappa shape index (κ1) is 9.58. The van der Waals surface area contributed by atoms with Crippen LogP contribution in [0.25, 0.3) is 0 Å². The number of carbonyl (C=O) groups is 1. The summed E-state index contributed by atoms with van der Waals surface area (Å²) in [6.07, 6.45) is 0. The van der Waals surface area contributed by atoms with Crippen molar-refractivity contribution in [3.63, 3.8) is 0 Å². The smallest absolute Gasteiger partial charge is 0.320 e. The molecule has 0 saturated carbocycles. The molecule has 0 N–H and O–H groups in total. The maximum Gasteiger partial charge on any atom is 0.320 e. The third-order valence-corrected chi connectivity index (χ3v) is 1.68. The van der Waals surface area contributed by atoms with E-state index in [0.717, 1.165) is 0 Å². The van der Waals surface area contributed by atoms with Crippen LogP contribution in [-0.4, -0.2) is 26.6 Å². The van der Waals surface area contributed by atoms with Gasteiger partial charge in [-0.2, -0.15) is 0 Å². The van der Waals surface area contributed by atoms with Crippen molar-refractivity contribution in [3.05, 3.63) is 0 Å². The lowest BCUT2D eigenvalue weighted by Crippen LogP contribution is -2.24. The average Bonchev–Trinajstić information content (AvgIpc) is 1.87. The molecule has 0 fully saturated rings. The minimum Gasteiger partial charge on any atom is -0.772 e. The van der Waals surface area contributed by atoms with Gasteiger partial charge in [0.25, 0.3) is 0 Å². The van der Waals surface area contributed by atoms with E-state index in [2.05, 4.69) is 4.74 Å². The fourth-order valence-electron chi connectivity index (χ4n) is 0.338. The van der Waals surface area contributed by atoms with Crippen LogP contribution in [0.1, 0.15) is 13.8 Å². The van der Waals surface area contributed by atoms with E-state index in [9.17, 15) is 13.6 Å². The topological polar surface area (TPSA) is 66.4 Å². The summed E-state index contributed by atoms with van der Waals surface area (Å²) < 4.78 is 24.7. The number of ether oxygens (including phenoxy) is 1. The van der Waals surface area contributed by atoms with E-state index in [1.807, 2.05) is 0 Å². The third-order valence-electron chi connectivity index (χ3n) is 0.907. The standard InChI is InChI=1S/C5H10O4S/c1-3-9-5(6)4(2)10(7)8/h4H,3H2,1-2H3,(H,7,8)/p-1. The SMILES string of the molecule is CCOC(=O)C(C)S(=O)[O-]. The molecule has 0 aromatic carbocycles. The van der Waals surface area contributed by atoms with Crippen LogP contribution in [0.15, 0.2) is 0 Å². The molecule has 2 unspecified atom stereocenters. The highest BCUT2D eigenvalue weighted by Gasteiger charge is 2.13. The highest BCUT2D eigenvalue weighted by Crippen LogP contribution is 1.94. The number of hydrogen-bond donors (Lipinski definition) is 0. The highest BCUT2D eigenvalue weighted by atomic mass is 32.2. The van der Waals surface area contributed by atoms with Crippen LogP contribution in [0.4, 0.5) is 0 Å². The number of rotatable bonds is 3. The van der Waals surface area contributed by atoms with Crippen molar-refractivity contribution in [1.29, 1.82) is 0 Å². The summed E-state index contributed by atoms with van der Waals surface area (Å²) in [5, 5.41) is -1.06. The van der Waals surface area contributed by atoms with Gasteiger partial charge in [-0.25, -0.2) is 0 Å². The predicted octanol–water partition coefficient (Wildman–Crippen LogP) is -0.183. The summed E-state index contributed by atoms with van der Waals surface area (Å²) in [7, 11) is 0. The van der Waals surface area contributed by atoms with E-state index in [-0.39, 0.29) is 6.61 Å². The maximum atomic E-state index is 10.6. The lowest BCUT2D eigenvalue weighted by atomic mass is 10.5. The Morgan fingerprint density at radius 3 is 2.60 bits per heavy atom. The van der Waals surface area contributed by atoms with Gasteiger partial charge in [-0.1, -0.05) is 0 Å².